The topological polar surface area (TPSA) is 49.3 Å². The fraction of sp³-hybridized carbons (Fsp3) is 0.353. The molecule has 2 N–H and O–H groups in total. The minimum atomic E-state index is -0.372. The van der Waals surface area contributed by atoms with Crippen molar-refractivity contribution in [2.24, 2.45) is 5.92 Å². The summed E-state index contributed by atoms with van der Waals surface area (Å²) in [4.78, 5) is 12.2. The smallest absolute Gasteiger partial charge is 0.251 e. The number of benzene rings is 2. The summed E-state index contributed by atoms with van der Waals surface area (Å²) in [6, 6.07) is 13.6. The van der Waals surface area contributed by atoms with Crippen LogP contribution in [0.2, 0.25) is 0 Å². The van der Waals surface area contributed by atoms with Crippen molar-refractivity contribution in [1.29, 1.82) is 0 Å². The standard InChI is InChI=1S/C17H21NO2/c1-12(2)16(19)10-11-18-17(20)15-9-5-7-13-6-3-4-8-14(13)15/h3-9,12,16,19H,10-11H2,1-2H3,(H,18,20). The van der Waals surface area contributed by atoms with Crippen molar-refractivity contribution >= 4 is 16.7 Å². The van der Waals surface area contributed by atoms with E-state index in [1.807, 2.05) is 56.3 Å². The van der Waals surface area contributed by atoms with Gasteiger partial charge in [0.25, 0.3) is 5.91 Å². The van der Waals surface area contributed by atoms with E-state index in [2.05, 4.69) is 5.32 Å². The number of rotatable bonds is 5. The van der Waals surface area contributed by atoms with Gasteiger partial charge in [-0.3, -0.25) is 4.79 Å². The van der Waals surface area contributed by atoms with Crippen LogP contribution in [0.15, 0.2) is 42.5 Å². The van der Waals surface area contributed by atoms with E-state index >= 15 is 0 Å². The first-order chi connectivity index (χ1) is 9.59. The van der Waals surface area contributed by atoms with Crippen molar-refractivity contribution in [3.63, 3.8) is 0 Å². The number of hydrogen-bond acceptors (Lipinski definition) is 2. The Hall–Kier alpha value is -1.87. The van der Waals surface area contributed by atoms with Crippen LogP contribution in [0, 0.1) is 5.92 Å². The van der Waals surface area contributed by atoms with E-state index in [4.69, 9.17) is 0 Å². The molecule has 0 fully saturated rings. The lowest BCUT2D eigenvalue weighted by Gasteiger charge is -2.14. The van der Waals surface area contributed by atoms with Gasteiger partial charge in [-0.1, -0.05) is 50.2 Å². The zero-order valence-electron chi connectivity index (χ0n) is 12.0. The van der Waals surface area contributed by atoms with E-state index in [9.17, 15) is 9.90 Å². The summed E-state index contributed by atoms with van der Waals surface area (Å²) >= 11 is 0. The maximum Gasteiger partial charge on any atom is 0.251 e. The average molecular weight is 271 g/mol. The maximum atomic E-state index is 12.2. The predicted molar refractivity (Wildman–Crippen MR) is 81.7 cm³/mol. The number of carbonyl (C=O) groups excluding carboxylic acids is 1. The van der Waals surface area contributed by atoms with Crippen LogP contribution in [0.3, 0.4) is 0 Å². The lowest BCUT2D eigenvalue weighted by Crippen LogP contribution is -2.28. The number of amides is 1. The van der Waals surface area contributed by atoms with Gasteiger partial charge in [-0.05, 0) is 29.2 Å². The normalized spacial score (nSPS) is 12.6. The Kier molecular flexibility index (Phi) is 4.74. The highest BCUT2D eigenvalue weighted by molar-refractivity contribution is 6.06. The molecule has 0 saturated heterocycles. The Morgan fingerprint density at radius 1 is 1.15 bits per heavy atom. The third-order valence-electron chi connectivity index (χ3n) is 3.53. The second-order valence-electron chi connectivity index (χ2n) is 5.38. The van der Waals surface area contributed by atoms with Crippen molar-refractivity contribution in [1.82, 2.24) is 5.32 Å². The minimum Gasteiger partial charge on any atom is -0.393 e. The van der Waals surface area contributed by atoms with Gasteiger partial charge in [0.05, 0.1) is 6.10 Å². The first kappa shape index (κ1) is 14.5. The van der Waals surface area contributed by atoms with Crippen molar-refractivity contribution in [2.45, 2.75) is 26.4 Å². The van der Waals surface area contributed by atoms with Crippen molar-refractivity contribution in [3.05, 3.63) is 48.0 Å². The van der Waals surface area contributed by atoms with Crippen LogP contribution in [0.5, 0.6) is 0 Å². The highest BCUT2D eigenvalue weighted by atomic mass is 16.3. The second kappa shape index (κ2) is 6.53. The molecule has 1 amide bonds. The average Bonchev–Trinajstić information content (AvgIpc) is 2.46. The molecule has 0 aliphatic rings. The van der Waals surface area contributed by atoms with E-state index in [0.29, 0.717) is 18.5 Å². The molecule has 1 atom stereocenters. The summed E-state index contributed by atoms with van der Waals surface area (Å²) in [6.45, 7) is 4.43. The molecule has 2 rings (SSSR count). The quantitative estimate of drug-likeness (QED) is 0.878. The van der Waals surface area contributed by atoms with Crippen LogP contribution < -0.4 is 5.32 Å². The van der Waals surface area contributed by atoms with Crippen LogP contribution in [0.4, 0.5) is 0 Å². The molecule has 0 saturated carbocycles. The Labute approximate surface area is 119 Å². The van der Waals surface area contributed by atoms with Crippen molar-refractivity contribution in [3.8, 4) is 0 Å². The van der Waals surface area contributed by atoms with Gasteiger partial charge < -0.3 is 10.4 Å². The fourth-order valence-electron chi connectivity index (χ4n) is 2.19. The van der Waals surface area contributed by atoms with Gasteiger partial charge in [0.15, 0.2) is 0 Å². The summed E-state index contributed by atoms with van der Waals surface area (Å²) in [7, 11) is 0. The molecule has 0 aromatic heterocycles. The lowest BCUT2D eigenvalue weighted by molar-refractivity contribution is 0.0921. The molecule has 0 spiro atoms. The van der Waals surface area contributed by atoms with Crippen LogP contribution in [-0.2, 0) is 0 Å². The maximum absolute atomic E-state index is 12.2. The van der Waals surface area contributed by atoms with Crippen LogP contribution in [0.1, 0.15) is 30.6 Å². The lowest BCUT2D eigenvalue weighted by atomic mass is 10.0. The van der Waals surface area contributed by atoms with E-state index in [1.165, 1.54) is 0 Å². The van der Waals surface area contributed by atoms with Crippen LogP contribution in [-0.4, -0.2) is 23.7 Å². The number of carbonyl (C=O) groups is 1. The molecule has 3 heteroatoms. The van der Waals surface area contributed by atoms with Crippen LogP contribution in [0.25, 0.3) is 10.8 Å². The Morgan fingerprint density at radius 2 is 1.85 bits per heavy atom. The van der Waals surface area contributed by atoms with Crippen molar-refractivity contribution < 1.29 is 9.90 Å². The van der Waals surface area contributed by atoms with Gasteiger partial charge in [0, 0.05) is 12.1 Å². The number of aliphatic hydroxyl groups is 1. The molecule has 3 nitrogen and oxygen atoms in total. The van der Waals surface area contributed by atoms with Gasteiger partial charge in [0.1, 0.15) is 0 Å². The van der Waals surface area contributed by atoms with Crippen LogP contribution >= 0.6 is 0 Å². The first-order valence-electron chi connectivity index (χ1n) is 7.03. The molecule has 0 aliphatic heterocycles. The Balaban J connectivity index is 2.05. The van der Waals surface area contributed by atoms with Gasteiger partial charge in [-0.25, -0.2) is 0 Å². The molecule has 20 heavy (non-hydrogen) atoms. The number of nitrogens with one attached hydrogen (secondary N) is 1. The summed E-state index contributed by atoms with van der Waals surface area (Å²) in [6.07, 6.45) is 0.205. The molecule has 0 heterocycles. The monoisotopic (exact) mass is 271 g/mol. The van der Waals surface area contributed by atoms with Gasteiger partial charge in [-0.15, -0.1) is 0 Å². The molecule has 0 radical (unpaired) electrons. The largest absolute Gasteiger partial charge is 0.393 e. The minimum absolute atomic E-state index is 0.0854. The molecule has 106 valence electrons. The Morgan fingerprint density at radius 3 is 2.60 bits per heavy atom. The number of fused-ring (bicyclic) bond motifs is 1. The summed E-state index contributed by atoms with van der Waals surface area (Å²) in [5.41, 5.74) is 0.683. The molecule has 2 aromatic rings. The van der Waals surface area contributed by atoms with Gasteiger partial charge in [0.2, 0.25) is 0 Å². The zero-order chi connectivity index (χ0) is 14.5. The third kappa shape index (κ3) is 3.36. The molecule has 2 aromatic carbocycles. The van der Waals surface area contributed by atoms with Gasteiger partial charge in [-0.2, -0.15) is 0 Å². The predicted octanol–water partition coefficient (Wildman–Crippen LogP) is 2.98. The zero-order valence-corrected chi connectivity index (χ0v) is 12.0. The van der Waals surface area contributed by atoms with E-state index in [1.54, 1.807) is 0 Å². The fourth-order valence-corrected chi connectivity index (χ4v) is 2.19. The van der Waals surface area contributed by atoms with Crippen molar-refractivity contribution in [2.75, 3.05) is 6.54 Å². The number of aliphatic hydroxyl groups excluding tert-OH is 1. The summed E-state index contributed by atoms with van der Waals surface area (Å²) < 4.78 is 0. The van der Waals surface area contributed by atoms with E-state index < -0.39 is 0 Å². The second-order valence-corrected chi connectivity index (χ2v) is 5.38. The summed E-state index contributed by atoms with van der Waals surface area (Å²) in [5.74, 6) is 0.127. The molecule has 1 unspecified atom stereocenters. The van der Waals surface area contributed by atoms with E-state index in [0.717, 1.165) is 10.8 Å². The molecule has 0 aliphatic carbocycles. The van der Waals surface area contributed by atoms with Gasteiger partial charge >= 0.3 is 0 Å². The third-order valence-corrected chi connectivity index (χ3v) is 3.53. The number of hydrogen-bond donors (Lipinski definition) is 2. The summed E-state index contributed by atoms with van der Waals surface area (Å²) in [5, 5.41) is 14.6. The molecular formula is C17H21NO2. The van der Waals surface area contributed by atoms with E-state index in [-0.39, 0.29) is 17.9 Å². The highest BCUT2D eigenvalue weighted by Gasteiger charge is 2.12. The first-order valence-corrected chi connectivity index (χ1v) is 7.03. The molecule has 0 bridgehead atoms. The SMILES string of the molecule is CC(C)C(O)CCNC(=O)c1cccc2ccccc12. The highest BCUT2D eigenvalue weighted by Crippen LogP contribution is 2.18. The Bertz CT molecular complexity index is 587. The molecular weight excluding hydrogens is 250 g/mol.